The Bertz CT molecular complexity index is 259. The molecule has 0 fully saturated rings. The molecule has 0 saturated heterocycles. The molecule has 0 aromatic carbocycles. The summed E-state index contributed by atoms with van der Waals surface area (Å²) in [4.78, 5) is 10.3. The van der Waals surface area contributed by atoms with E-state index < -0.39 is 15.3 Å². The zero-order valence-electron chi connectivity index (χ0n) is 5.25. The molecule has 0 bridgehead atoms. The molecule has 0 spiro atoms. The average Bonchev–Trinajstić information content (AvgIpc) is 1.85. The van der Waals surface area contributed by atoms with Gasteiger partial charge in [0.05, 0.1) is 0 Å². The summed E-state index contributed by atoms with van der Waals surface area (Å²) in [6.07, 6.45) is 0. The molecule has 0 unspecified atom stereocenters. The molecule has 2 nitrogen and oxygen atoms in total. The maximum Gasteiger partial charge on any atom is 0.346 e. The highest BCUT2D eigenvalue weighted by molar-refractivity contribution is 6.64. The molecule has 0 aliphatic carbocycles. The van der Waals surface area contributed by atoms with E-state index >= 15 is 0 Å². The molecule has 68 valence electrons. The minimum Gasteiger partial charge on any atom is -0.479 e. The first-order valence-electron chi connectivity index (χ1n) is 2.37. The Hall–Kier alpha value is 0.440. The van der Waals surface area contributed by atoms with Crippen molar-refractivity contribution in [2.45, 2.75) is 4.33 Å². The van der Waals surface area contributed by atoms with E-state index in [4.69, 9.17) is 63.1 Å². The molecule has 0 aromatic rings. The third-order valence-electron chi connectivity index (χ3n) is 0.749. The SMILES string of the molecule is O=C(O)C(Cl)(Cl)C(Cl)=C=C(Cl)Cl. The number of rotatable bonds is 2. The lowest BCUT2D eigenvalue weighted by molar-refractivity contribution is -0.136. The fraction of sp³-hybridized carbons (Fsp3) is 0.200. The summed E-state index contributed by atoms with van der Waals surface area (Å²) in [5.74, 6) is -1.53. The standard InChI is InChI=1S/C5HCl5O2/c6-2(1-3(7)8)5(9,10)4(11)12/h(H,11,12). The summed E-state index contributed by atoms with van der Waals surface area (Å²) in [6, 6.07) is 0. The van der Waals surface area contributed by atoms with E-state index in [0.717, 1.165) is 0 Å². The van der Waals surface area contributed by atoms with Crippen molar-refractivity contribution in [3.63, 3.8) is 0 Å². The van der Waals surface area contributed by atoms with E-state index in [1.807, 2.05) is 5.73 Å². The monoisotopic (exact) mass is 268 g/mol. The van der Waals surface area contributed by atoms with Gasteiger partial charge in [0, 0.05) is 0 Å². The van der Waals surface area contributed by atoms with Crippen LogP contribution in [0.2, 0.25) is 0 Å². The molecule has 0 amide bonds. The number of hydrogen-bond acceptors (Lipinski definition) is 1. The first-order chi connectivity index (χ1) is 5.28. The van der Waals surface area contributed by atoms with Gasteiger partial charge in [0.15, 0.2) is 0 Å². The van der Waals surface area contributed by atoms with Gasteiger partial charge in [-0.2, -0.15) is 0 Å². The van der Waals surface area contributed by atoms with Crippen LogP contribution in [0.4, 0.5) is 0 Å². The van der Waals surface area contributed by atoms with Crippen molar-refractivity contribution >= 4 is 64.0 Å². The second kappa shape index (κ2) is 4.61. The second-order valence-electron chi connectivity index (χ2n) is 1.58. The second-order valence-corrected chi connectivity index (χ2v) is 4.23. The summed E-state index contributed by atoms with van der Waals surface area (Å²) < 4.78 is -2.62. The lowest BCUT2D eigenvalue weighted by Crippen LogP contribution is -2.25. The number of aliphatic carboxylic acids is 1. The molecular formula is C5HCl5O2. The Balaban J connectivity index is 5.07. The minimum atomic E-state index is -2.27. The quantitative estimate of drug-likeness (QED) is 0.617. The molecule has 12 heavy (non-hydrogen) atoms. The smallest absolute Gasteiger partial charge is 0.346 e. The highest BCUT2D eigenvalue weighted by Gasteiger charge is 2.37. The maximum atomic E-state index is 10.3. The van der Waals surface area contributed by atoms with Gasteiger partial charge in [0.1, 0.15) is 9.52 Å². The van der Waals surface area contributed by atoms with Crippen LogP contribution in [0.3, 0.4) is 0 Å². The van der Waals surface area contributed by atoms with E-state index in [9.17, 15) is 4.79 Å². The van der Waals surface area contributed by atoms with Gasteiger partial charge in [0.25, 0.3) is 4.33 Å². The molecule has 0 aliphatic rings. The van der Waals surface area contributed by atoms with Crippen LogP contribution in [-0.2, 0) is 4.79 Å². The normalized spacial score (nSPS) is 10.4. The summed E-state index contributed by atoms with van der Waals surface area (Å²) in [6.45, 7) is 0. The molecule has 0 heterocycles. The van der Waals surface area contributed by atoms with Gasteiger partial charge >= 0.3 is 5.97 Å². The van der Waals surface area contributed by atoms with Gasteiger partial charge in [-0.15, -0.1) is 0 Å². The summed E-state index contributed by atoms with van der Waals surface area (Å²) in [5.41, 5.74) is 2.05. The Labute approximate surface area is 93.3 Å². The third kappa shape index (κ3) is 3.44. The zero-order valence-corrected chi connectivity index (χ0v) is 9.02. The Morgan fingerprint density at radius 2 is 1.67 bits per heavy atom. The molecule has 0 atom stereocenters. The van der Waals surface area contributed by atoms with Gasteiger partial charge in [-0.3, -0.25) is 0 Å². The van der Waals surface area contributed by atoms with Crippen molar-refractivity contribution in [2.24, 2.45) is 0 Å². The largest absolute Gasteiger partial charge is 0.479 e. The molecule has 0 aliphatic heterocycles. The molecule has 0 saturated carbocycles. The van der Waals surface area contributed by atoms with Crippen LogP contribution in [0.5, 0.6) is 0 Å². The Kier molecular flexibility index (Phi) is 4.78. The number of hydrogen-bond donors (Lipinski definition) is 1. The predicted octanol–water partition coefficient (Wildman–Crippen LogP) is 3.29. The van der Waals surface area contributed by atoms with Crippen LogP contribution < -0.4 is 0 Å². The first kappa shape index (κ1) is 12.4. The van der Waals surface area contributed by atoms with Gasteiger partial charge < -0.3 is 5.11 Å². The summed E-state index contributed by atoms with van der Waals surface area (Å²) in [5, 5.41) is 7.92. The highest BCUT2D eigenvalue weighted by atomic mass is 35.5. The van der Waals surface area contributed by atoms with E-state index in [0.29, 0.717) is 0 Å². The van der Waals surface area contributed by atoms with Crippen molar-refractivity contribution in [1.82, 2.24) is 0 Å². The first-order valence-corrected chi connectivity index (χ1v) is 4.26. The third-order valence-corrected chi connectivity index (χ3v) is 2.21. The van der Waals surface area contributed by atoms with Crippen molar-refractivity contribution in [1.29, 1.82) is 0 Å². The maximum absolute atomic E-state index is 10.3. The molecular weight excluding hydrogens is 269 g/mol. The topological polar surface area (TPSA) is 37.3 Å². The number of halogens is 5. The van der Waals surface area contributed by atoms with E-state index in [2.05, 4.69) is 0 Å². The number of alkyl halides is 2. The Morgan fingerprint density at radius 1 is 1.25 bits per heavy atom. The van der Waals surface area contributed by atoms with Crippen molar-refractivity contribution < 1.29 is 9.90 Å². The van der Waals surface area contributed by atoms with Crippen LogP contribution in [0.25, 0.3) is 0 Å². The number of carbonyl (C=O) groups is 1. The lowest BCUT2D eigenvalue weighted by atomic mass is 10.4. The molecule has 1 N–H and O–H groups in total. The molecule has 0 radical (unpaired) electrons. The average molecular weight is 270 g/mol. The van der Waals surface area contributed by atoms with Crippen LogP contribution in [-0.4, -0.2) is 15.4 Å². The number of carboxylic acids is 1. The van der Waals surface area contributed by atoms with Crippen molar-refractivity contribution in [3.05, 3.63) is 15.3 Å². The fourth-order valence-electron chi connectivity index (χ4n) is 0.255. The van der Waals surface area contributed by atoms with Gasteiger partial charge in [0.2, 0.25) is 0 Å². The van der Waals surface area contributed by atoms with E-state index in [-0.39, 0.29) is 4.49 Å². The van der Waals surface area contributed by atoms with Crippen molar-refractivity contribution in [3.8, 4) is 0 Å². The van der Waals surface area contributed by atoms with Gasteiger partial charge in [-0.05, 0) is 0 Å². The van der Waals surface area contributed by atoms with Crippen LogP contribution in [0, 0.1) is 0 Å². The van der Waals surface area contributed by atoms with Gasteiger partial charge in [-0.1, -0.05) is 63.7 Å². The predicted molar refractivity (Wildman–Crippen MR) is 50.2 cm³/mol. The summed E-state index contributed by atoms with van der Waals surface area (Å²) in [7, 11) is 0. The molecule has 0 rings (SSSR count). The zero-order chi connectivity index (χ0) is 9.94. The molecule has 0 aromatic heterocycles. The minimum absolute atomic E-state index is 0.355. The summed E-state index contributed by atoms with van der Waals surface area (Å²) >= 11 is 26.2. The lowest BCUT2D eigenvalue weighted by Gasteiger charge is -2.09. The fourth-order valence-corrected chi connectivity index (χ4v) is 0.811. The highest BCUT2D eigenvalue weighted by Crippen LogP contribution is 2.33. The van der Waals surface area contributed by atoms with Crippen LogP contribution in [0.1, 0.15) is 0 Å². The van der Waals surface area contributed by atoms with Crippen molar-refractivity contribution in [2.75, 3.05) is 0 Å². The van der Waals surface area contributed by atoms with Crippen LogP contribution in [0.15, 0.2) is 15.3 Å². The van der Waals surface area contributed by atoms with Crippen LogP contribution >= 0.6 is 58.0 Å². The van der Waals surface area contributed by atoms with E-state index in [1.165, 1.54) is 0 Å². The van der Waals surface area contributed by atoms with E-state index in [1.54, 1.807) is 0 Å². The molecule has 7 heteroatoms. The number of carboxylic acid groups (broad SMARTS) is 1. The Morgan fingerprint density at radius 3 is 1.92 bits per heavy atom. The van der Waals surface area contributed by atoms with Gasteiger partial charge in [-0.25, -0.2) is 4.79 Å².